The van der Waals surface area contributed by atoms with Crippen LogP contribution in [0, 0.1) is 0 Å². The number of hydrogen-bond acceptors (Lipinski definition) is 3. The summed E-state index contributed by atoms with van der Waals surface area (Å²) in [5.41, 5.74) is 1.48. The number of carboxylic acid groups (broad SMARTS) is 1. The number of esters is 1. The fourth-order valence-electron chi connectivity index (χ4n) is 5.54. The maximum atomic E-state index is 13.6. The lowest BCUT2D eigenvalue weighted by molar-refractivity contribution is -0.132. The molecule has 0 heterocycles. The molecule has 2 aromatic rings. The van der Waals surface area contributed by atoms with E-state index in [1.165, 1.54) is 56.6 Å². The van der Waals surface area contributed by atoms with Gasteiger partial charge in [0.15, 0.2) is 0 Å². The third kappa shape index (κ3) is 8.83. The van der Waals surface area contributed by atoms with Crippen molar-refractivity contribution in [3.05, 3.63) is 94.0 Å². The van der Waals surface area contributed by atoms with Crippen molar-refractivity contribution >= 4 is 23.5 Å². The van der Waals surface area contributed by atoms with Gasteiger partial charge >= 0.3 is 11.9 Å². The lowest BCUT2D eigenvalue weighted by atomic mass is 9.74. The average molecular weight is 565 g/mol. The minimum atomic E-state index is -1.09. The second-order valence-electron chi connectivity index (χ2n) is 11.0. The molecule has 0 spiro atoms. The van der Waals surface area contributed by atoms with Gasteiger partial charge in [-0.25, -0.2) is 9.59 Å². The molecule has 1 aliphatic carbocycles. The second-order valence-corrected chi connectivity index (χ2v) is 11.4. The first-order valence-electron chi connectivity index (χ1n) is 15.1. The summed E-state index contributed by atoms with van der Waals surface area (Å²) in [6.45, 7) is 4.41. The molecule has 0 saturated heterocycles. The monoisotopic (exact) mass is 564 g/mol. The molecule has 3 rings (SSSR count). The zero-order chi connectivity index (χ0) is 28.8. The maximum Gasteiger partial charge on any atom is 0.339 e. The van der Waals surface area contributed by atoms with Gasteiger partial charge in [0, 0.05) is 5.03 Å². The van der Waals surface area contributed by atoms with Crippen LogP contribution >= 0.6 is 11.6 Å². The maximum absolute atomic E-state index is 13.6. The molecule has 1 aliphatic rings. The molecule has 2 unspecified atom stereocenters. The van der Waals surface area contributed by atoms with E-state index in [-0.39, 0.29) is 10.6 Å². The SMILES string of the molecule is CCCCCCCCC1(OC(=O)c2ccc(CCCCCCC)cc2)C=CC(C(=O)O)=C(Cl)C1c1ccccc1. The number of unbranched alkanes of at least 4 members (excludes halogenated alkanes) is 9. The number of carbonyl (C=O) groups excluding carboxylic acids is 1. The van der Waals surface area contributed by atoms with Gasteiger partial charge < -0.3 is 9.84 Å². The van der Waals surface area contributed by atoms with Crippen molar-refractivity contribution in [1.82, 2.24) is 0 Å². The van der Waals surface area contributed by atoms with Gasteiger partial charge in [0.05, 0.1) is 17.1 Å². The molecule has 2 atom stereocenters. The number of halogens is 1. The third-order valence-electron chi connectivity index (χ3n) is 7.86. The van der Waals surface area contributed by atoms with E-state index in [0.717, 1.165) is 37.7 Å². The Bertz CT molecular complexity index is 1140. The lowest BCUT2D eigenvalue weighted by Gasteiger charge is -2.41. The number of aliphatic carboxylic acids is 1. The molecule has 0 bridgehead atoms. The van der Waals surface area contributed by atoms with Crippen LogP contribution < -0.4 is 0 Å². The quantitative estimate of drug-likeness (QED) is 0.153. The van der Waals surface area contributed by atoms with Gasteiger partial charge in [-0.1, -0.05) is 126 Å². The van der Waals surface area contributed by atoms with E-state index < -0.39 is 23.5 Å². The topological polar surface area (TPSA) is 63.6 Å². The predicted molar refractivity (Wildman–Crippen MR) is 164 cm³/mol. The Hall–Kier alpha value is -2.85. The average Bonchev–Trinajstić information content (AvgIpc) is 2.95. The number of carbonyl (C=O) groups is 2. The van der Waals surface area contributed by atoms with Gasteiger partial charge in [-0.2, -0.15) is 0 Å². The number of benzene rings is 2. The Morgan fingerprint density at radius 2 is 1.43 bits per heavy atom. The molecule has 1 N–H and O–H groups in total. The number of aryl methyl sites for hydroxylation is 1. The largest absolute Gasteiger partial charge is 0.478 e. The number of rotatable bonds is 17. The highest BCUT2D eigenvalue weighted by atomic mass is 35.5. The second kappa shape index (κ2) is 16.4. The molecule has 0 aliphatic heterocycles. The highest BCUT2D eigenvalue weighted by Gasteiger charge is 2.46. The number of carboxylic acids is 1. The van der Waals surface area contributed by atoms with Gasteiger partial charge in [0.1, 0.15) is 5.60 Å². The molecule has 0 radical (unpaired) electrons. The van der Waals surface area contributed by atoms with Crippen LogP contribution in [0.3, 0.4) is 0 Å². The van der Waals surface area contributed by atoms with Crippen LogP contribution in [0.5, 0.6) is 0 Å². The van der Waals surface area contributed by atoms with Crippen molar-refractivity contribution in [3.8, 4) is 0 Å². The molecule has 2 aromatic carbocycles. The van der Waals surface area contributed by atoms with Crippen molar-refractivity contribution in [2.75, 3.05) is 0 Å². The fourth-order valence-corrected chi connectivity index (χ4v) is 6.00. The van der Waals surface area contributed by atoms with Gasteiger partial charge in [0.2, 0.25) is 0 Å². The van der Waals surface area contributed by atoms with E-state index >= 15 is 0 Å². The van der Waals surface area contributed by atoms with Crippen LogP contribution in [0.4, 0.5) is 0 Å². The molecule has 0 fully saturated rings. The minimum Gasteiger partial charge on any atom is -0.478 e. The first-order chi connectivity index (χ1) is 19.4. The van der Waals surface area contributed by atoms with E-state index in [1.54, 1.807) is 6.08 Å². The van der Waals surface area contributed by atoms with Crippen molar-refractivity contribution in [2.24, 2.45) is 0 Å². The van der Waals surface area contributed by atoms with Crippen molar-refractivity contribution in [3.63, 3.8) is 0 Å². The highest BCUT2D eigenvalue weighted by molar-refractivity contribution is 6.33. The van der Waals surface area contributed by atoms with Crippen molar-refractivity contribution in [2.45, 2.75) is 109 Å². The molecule has 5 heteroatoms. The van der Waals surface area contributed by atoms with Crippen molar-refractivity contribution < 1.29 is 19.4 Å². The minimum absolute atomic E-state index is 0.0356. The van der Waals surface area contributed by atoms with Crippen LogP contribution in [0.2, 0.25) is 0 Å². The van der Waals surface area contributed by atoms with E-state index in [2.05, 4.69) is 13.8 Å². The summed E-state index contributed by atoms with van der Waals surface area (Å²) >= 11 is 6.83. The highest BCUT2D eigenvalue weighted by Crippen LogP contribution is 2.48. The summed E-state index contributed by atoms with van der Waals surface area (Å²) < 4.78 is 6.39. The summed E-state index contributed by atoms with van der Waals surface area (Å²) in [4.78, 5) is 25.6. The van der Waals surface area contributed by atoms with Gasteiger partial charge in [-0.3, -0.25) is 0 Å². The van der Waals surface area contributed by atoms with E-state index in [0.29, 0.717) is 12.0 Å². The normalized spacial score (nSPS) is 18.6. The molecule has 40 heavy (non-hydrogen) atoms. The lowest BCUT2D eigenvalue weighted by Crippen LogP contribution is -2.42. The standard InChI is InChI=1S/C35H45ClO4/c1-3-5-7-9-11-16-25-35(26-24-30(33(37)38)32(36)31(35)28-18-14-12-15-19-28)40-34(39)29-22-20-27(21-23-29)17-13-10-8-6-4-2/h12,14-15,18-24,26,31H,3-11,13,16-17,25H2,1-2H3,(H,37,38). The smallest absolute Gasteiger partial charge is 0.339 e. The molecule has 0 aromatic heterocycles. The van der Waals surface area contributed by atoms with Gasteiger partial charge in [-0.05, 0) is 61.1 Å². The molecule has 4 nitrogen and oxygen atoms in total. The number of ether oxygens (including phenoxy) is 1. The summed E-state index contributed by atoms with van der Waals surface area (Å²) in [6, 6.07) is 17.3. The summed E-state index contributed by atoms with van der Waals surface area (Å²) in [6.07, 6.45) is 17.5. The first-order valence-corrected chi connectivity index (χ1v) is 15.5. The zero-order valence-corrected chi connectivity index (χ0v) is 24.9. The fraction of sp³-hybridized carbons (Fsp3) is 0.486. The Kier molecular flexibility index (Phi) is 13.0. The Labute approximate surface area is 245 Å². The van der Waals surface area contributed by atoms with Crippen molar-refractivity contribution in [1.29, 1.82) is 0 Å². The van der Waals surface area contributed by atoms with Crippen LogP contribution in [0.1, 0.15) is 118 Å². The molecule has 216 valence electrons. The Morgan fingerprint density at radius 3 is 2.05 bits per heavy atom. The van der Waals surface area contributed by atoms with Crippen LogP contribution in [0.15, 0.2) is 77.4 Å². The van der Waals surface area contributed by atoms with Gasteiger partial charge in [0.25, 0.3) is 0 Å². The Morgan fingerprint density at radius 1 is 0.825 bits per heavy atom. The predicted octanol–water partition coefficient (Wildman–Crippen LogP) is 9.78. The summed E-state index contributed by atoms with van der Waals surface area (Å²) in [5.74, 6) is -2.12. The summed E-state index contributed by atoms with van der Waals surface area (Å²) in [7, 11) is 0. The molecule has 0 saturated carbocycles. The molecular weight excluding hydrogens is 520 g/mol. The van der Waals surface area contributed by atoms with E-state index in [9.17, 15) is 14.7 Å². The number of hydrogen-bond donors (Lipinski definition) is 1. The van der Waals surface area contributed by atoms with Crippen LogP contribution in [-0.4, -0.2) is 22.6 Å². The third-order valence-corrected chi connectivity index (χ3v) is 8.28. The van der Waals surface area contributed by atoms with E-state index in [1.807, 2.05) is 54.6 Å². The summed E-state index contributed by atoms with van der Waals surface area (Å²) in [5, 5.41) is 10.0. The van der Waals surface area contributed by atoms with E-state index in [4.69, 9.17) is 16.3 Å². The van der Waals surface area contributed by atoms with Crippen LogP contribution in [-0.2, 0) is 16.0 Å². The first kappa shape index (κ1) is 31.7. The molecular formula is C35H45ClO4. The zero-order valence-electron chi connectivity index (χ0n) is 24.2. The Balaban J connectivity index is 1.85. The van der Waals surface area contributed by atoms with Gasteiger partial charge in [-0.15, -0.1) is 0 Å². The van der Waals surface area contributed by atoms with Crippen LogP contribution in [0.25, 0.3) is 0 Å². The molecule has 0 amide bonds.